The molecule has 2 N–H and O–H groups in total. The lowest BCUT2D eigenvalue weighted by molar-refractivity contribution is 0.0697. The number of hydrogen-bond acceptors (Lipinski definition) is 3. The Morgan fingerprint density at radius 1 is 1.00 bits per heavy atom. The summed E-state index contributed by atoms with van der Waals surface area (Å²) in [7, 11) is 0. The second kappa shape index (κ2) is 8.28. The van der Waals surface area contributed by atoms with Gasteiger partial charge in [0.25, 0.3) is 0 Å². The van der Waals surface area contributed by atoms with Gasteiger partial charge >= 0.3 is 5.97 Å². The number of fused-ring (bicyclic) bond motifs is 1. The van der Waals surface area contributed by atoms with E-state index in [9.17, 15) is 4.79 Å². The Balaban J connectivity index is 1.38. The Morgan fingerprint density at radius 3 is 2.50 bits per heavy atom. The monoisotopic (exact) mass is 373 g/mol. The van der Waals surface area contributed by atoms with Gasteiger partial charge in [-0.15, -0.1) is 0 Å². The van der Waals surface area contributed by atoms with Gasteiger partial charge < -0.3 is 15.2 Å². The molecular formula is C24H23NO3. The van der Waals surface area contributed by atoms with Gasteiger partial charge in [0.2, 0.25) is 0 Å². The smallest absolute Gasteiger partial charge is 0.335 e. The van der Waals surface area contributed by atoms with E-state index in [1.165, 1.54) is 11.1 Å². The Bertz CT molecular complexity index is 951. The number of nitrogens with one attached hydrogen (secondary N) is 1. The molecule has 0 spiro atoms. The van der Waals surface area contributed by atoms with E-state index in [1.54, 1.807) is 12.1 Å². The van der Waals surface area contributed by atoms with Crippen LogP contribution in [-0.2, 0) is 13.0 Å². The van der Waals surface area contributed by atoms with Crippen molar-refractivity contribution in [3.63, 3.8) is 0 Å². The van der Waals surface area contributed by atoms with Crippen molar-refractivity contribution >= 4 is 5.97 Å². The second-order valence-corrected chi connectivity index (χ2v) is 7.10. The zero-order valence-corrected chi connectivity index (χ0v) is 15.6. The van der Waals surface area contributed by atoms with Crippen molar-refractivity contribution in [2.45, 2.75) is 25.5 Å². The Morgan fingerprint density at radius 2 is 1.75 bits per heavy atom. The molecule has 0 bridgehead atoms. The zero-order valence-electron chi connectivity index (χ0n) is 15.6. The van der Waals surface area contributed by atoms with Crippen LogP contribution in [0.1, 0.15) is 27.9 Å². The second-order valence-electron chi connectivity index (χ2n) is 7.10. The van der Waals surface area contributed by atoms with Crippen LogP contribution in [0, 0.1) is 0 Å². The van der Waals surface area contributed by atoms with Crippen LogP contribution in [0.5, 0.6) is 5.75 Å². The van der Waals surface area contributed by atoms with E-state index in [0.29, 0.717) is 5.56 Å². The highest BCUT2D eigenvalue weighted by molar-refractivity contribution is 5.88. The van der Waals surface area contributed by atoms with Gasteiger partial charge in [-0.1, -0.05) is 48.5 Å². The SMILES string of the molecule is O=C(O)c1ccc(-c2ccc3c(c2)CCC(CNCc2ccccc2)O3)cc1. The largest absolute Gasteiger partial charge is 0.489 e. The maximum Gasteiger partial charge on any atom is 0.335 e. The first-order valence-electron chi connectivity index (χ1n) is 9.57. The van der Waals surface area contributed by atoms with Crippen LogP contribution in [0.15, 0.2) is 72.8 Å². The van der Waals surface area contributed by atoms with Gasteiger partial charge in [-0.2, -0.15) is 0 Å². The summed E-state index contributed by atoms with van der Waals surface area (Å²) in [5, 5.41) is 12.5. The maximum atomic E-state index is 11.0. The van der Waals surface area contributed by atoms with Crippen molar-refractivity contribution < 1.29 is 14.6 Å². The average Bonchev–Trinajstić information content (AvgIpc) is 2.74. The van der Waals surface area contributed by atoms with E-state index in [1.807, 2.05) is 30.3 Å². The number of aryl methyl sites for hydroxylation is 1. The lowest BCUT2D eigenvalue weighted by Crippen LogP contribution is -2.33. The van der Waals surface area contributed by atoms with E-state index >= 15 is 0 Å². The molecule has 28 heavy (non-hydrogen) atoms. The molecule has 0 aromatic heterocycles. The topological polar surface area (TPSA) is 58.6 Å². The molecule has 0 saturated carbocycles. The Hall–Kier alpha value is -3.11. The number of benzene rings is 3. The molecule has 1 unspecified atom stereocenters. The Labute approximate surface area is 164 Å². The van der Waals surface area contributed by atoms with Gasteiger partial charge in [-0.25, -0.2) is 4.79 Å². The number of hydrogen-bond donors (Lipinski definition) is 2. The standard InChI is InChI=1S/C24H23NO3/c26-24(27)19-8-6-18(7-9-19)20-11-13-23-21(14-20)10-12-22(28-23)16-25-15-17-4-2-1-3-5-17/h1-9,11,13-14,22,25H,10,12,15-16H2,(H,26,27). The first-order valence-corrected chi connectivity index (χ1v) is 9.57. The molecule has 0 amide bonds. The van der Waals surface area contributed by atoms with E-state index in [-0.39, 0.29) is 6.10 Å². The van der Waals surface area contributed by atoms with Gasteiger partial charge in [0.1, 0.15) is 11.9 Å². The molecule has 3 aromatic rings. The normalized spacial score (nSPS) is 15.5. The molecule has 0 radical (unpaired) electrons. The number of carbonyl (C=O) groups is 1. The summed E-state index contributed by atoms with van der Waals surface area (Å²) in [6.45, 7) is 1.67. The third-order valence-electron chi connectivity index (χ3n) is 5.10. The van der Waals surface area contributed by atoms with Crippen molar-refractivity contribution in [3.8, 4) is 16.9 Å². The minimum atomic E-state index is -0.905. The van der Waals surface area contributed by atoms with Gasteiger partial charge in [0, 0.05) is 13.1 Å². The third kappa shape index (κ3) is 4.24. The molecular weight excluding hydrogens is 350 g/mol. The number of carboxylic acid groups (broad SMARTS) is 1. The summed E-state index contributed by atoms with van der Waals surface area (Å²) in [4.78, 5) is 11.0. The highest BCUT2D eigenvalue weighted by Gasteiger charge is 2.20. The van der Waals surface area contributed by atoms with Crippen LogP contribution < -0.4 is 10.1 Å². The highest BCUT2D eigenvalue weighted by Crippen LogP contribution is 2.32. The number of aromatic carboxylic acids is 1. The number of rotatable bonds is 6. The van der Waals surface area contributed by atoms with Crippen LogP contribution in [0.25, 0.3) is 11.1 Å². The molecule has 3 aromatic carbocycles. The van der Waals surface area contributed by atoms with Crippen LogP contribution >= 0.6 is 0 Å². The number of ether oxygens (including phenoxy) is 1. The molecule has 1 aliphatic heterocycles. The first kappa shape index (κ1) is 18.3. The predicted molar refractivity (Wildman–Crippen MR) is 110 cm³/mol. The first-order chi connectivity index (χ1) is 13.7. The van der Waals surface area contributed by atoms with Crippen molar-refractivity contribution in [1.82, 2.24) is 5.32 Å². The molecule has 1 aliphatic rings. The highest BCUT2D eigenvalue weighted by atomic mass is 16.5. The van der Waals surface area contributed by atoms with Crippen LogP contribution in [0.4, 0.5) is 0 Å². The summed E-state index contributed by atoms with van der Waals surface area (Å²) >= 11 is 0. The molecule has 142 valence electrons. The van der Waals surface area contributed by atoms with Gasteiger partial charge in [0.05, 0.1) is 5.56 Å². The van der Waals surface area contributed by atoms with Crippen molar-refractivity contribution in [3.05, 3.63) is 89.5 Å². The summed E-state index contributed by atoms with van der Waals surface area (Å²) < 4.78 is 6.17. The lowest BCUT2D eigenvalue weighted by Gasteiger charge is -2.27. The van der Waals surface area contributed by atoms with Crippen LogP contribution in [0.2, 0.25) is 0 Å². The maximum absolute atomic E-state index is 11.0. The molecule has 1 heterocycles. The molecule has 1 atom stereocenters. The van der Waals surface area contributed by atoms with Gasteiger partial charge in [-0.3, -0.25) is 0 Å². The van der Waals surface area contributed by atoms with E-state index < -0.39 is 5.97 Å². The summed E-state index contributed by atoms with van der Waals surface area (Å²) in [5.41, 5.74) is 4.88. The van der Waals surface area contributed by atoms with E-state index in [0.717, 1.165) is 42.8 Å². The van der Waals surface area contributed by atoms with Crippen LogP contribution in [-0.4, -0.2) is 23.7 Å². The summed E-state index contributed by atoms with van der Waals surface area (Å²) in [6, 6.07) is 23.6. The third-order valence-corrected chi connectivity index (χ3v) is 5.10. The van der Waals surface area contributed by atoms with Crippen molar-refractivity contribution in [2.75, 3.05) is 6.54 Å². The van der Waals surface area contributed by atoms with Crippen molar-refractivity contribution in [2.24, 2.45) is 0 Å². The molecule has 0 fully saturated rings. The molecule has 0 saturated heterocycles. The van der Waals surface area contributed by atoms with Gasteiger partial charge in [0.15, 0.2) is 0 Å². The molecule has 0 aliphatic carbocycles. The Kier molecular flexibility index (Phi) is 5.40. The summed E-state index contributed by atoms with van der Waals surface area (Å²) in [5.74, 6) is 0.0426. The molecule has 4 heteroatoms. The fourth-order valence-corrected chi connectivity index (χ4v) is 3.55. The number of carboxylic acids is 1. The lowest BCUT2D eigenvalue weighted by atomic mass is 9.96. The van der Waals surface area contributed by atoms with E-state index in [2.05, 4.69) is 35.6 Å². The van der Waals surface area contributed by atoms with Crippen molar-refractivity contribution in [1.29, 1.82) is 0 Å². The minimum Gasteiger partial charge on any atom is -0.489 e. The minimum absolute atomic E-state index is 0.178. The molecule has 4 nitrogen and oxygen atoms in total. The summed E-state index contributed by atoms with van der Waals surface area (Å²) in [6.07, 6.45) is 2.14. The quantitative estimate of drug-likeness (QED) is 0.666. The van der Waals surface area contributed by atoms with E-state index in [4.69, 9.17) is 9.84 Å². The molecule has 4 rings (SSSR count). The fourth-order valence-electron chi connectivity index (χ4n) is 3.55. The van der Waals surface area contributed by atoms with Gasteiger partial charge in [-0.05, 0) is 59.4 Å². The fraction of sp³-hybridized carbons (Fsp3) is 0.208. The van der Waals surface area contributed by atoms with Crippen LogP contribution in [0.3, 0.4) is 0 Å². The zero-order chi connectivity index (χ0) is 19.3. The average molecular weight is 373 g/mol. The predicted octanol–water partition coefficient (Wildman–Crippen LogP) is 4.54.